The van der Waals surface area contributed by atoms with Gasteiger partial charge in [-0.15, -0.1) is 0 Å². The van der Waals surface area contributed by atoms with Crippen molar-refractivity contribution in [1.82, 2.24) is 0 Å². The van der Waals surface area contributed by atoms with E-state index in [2.05, 4.69) is 4.99 Å². The van der Waals surface area contributed by atoms with Crippen LogP contribution in [0.15, 0.2) is 29.3 Å². The maximum absolute atomic E-state index is 12.5. The summed E-state index contributed by atoms with van der Waals surface area (Å²) in [6.45, 7) is 3.96. The van der Waals surface area contributed by atoms with Crippen molar-refractivity contribution in [2.75, 3.05) is 16.4 Å². The van der Waals surface area contributed by atoms with Gasteiger partial charge in [0.25, 0.3) is 5.91 Å². The summed E-state index contributed by atoms with van der Waals surface area (Å²) < 4.78 is 24.1. The second-order valence-corrected chi connectivity index (χ2v) is 10.2. The Balaban J connectivity index is 1.97. The lowest BCUT2D eigenvalue weighted by Crippen LogP contribution is -2.37. The number of amides is 1. The molecule has 0 saturated carbocycles. The van der Waals surface area contributed by atoms with Gasteiger partial charge in [0.2, 0.25) is 0 Å². The van der Waals surface area contributed by atoms with Crippen molar-refractivity contribution in [3.8, 4) is 0 Å². The summed E-state index contributed by atoms with van der Waals surface area (Å²) in [5.41, 5.74) is 0.817. The van der Waals surface area contributed by atoms with Gasteiger partial charge in [-0.3, -0.25) is 4.79 Å². The van der Waals surface area contributed by atoms with Crippen molar-refractivity contribution in [2.45, 2.75) is 38.0 Å². The van der Waals surface area contributed by atoms with Crippen LogP contribution in [-0.2, 0) is 14.6 Å². The first-order valence-corrected chi connectivity index (χ1v) is 11.5. The molecule has 136 valence electrons. The molecule has 3 rings (SSSR count). The van der Waals surface area contributed by atoms with Crippen LogP contribution >= 0.6 is 23.4 Å². The molecule has 2 unspecified atom stereocenters. The first-order valence-electron chi connectivity index (χ1n) is 8.39. The fourth-order valence-electron chi connectivity index (χ4n) is 3.29. The summed E-state index contributed by atoms with van der Waals surface area (Å²) in [5, 5.41) is 1.12. The number of nitrogens with zero attached hydrogens (tertiary/aromatic N) is 2. The molecule has 2 aliphatic heterocycles. The van der Waals surface area contributed by atoms with Crippen molar-refractivity contribution >= 4 is 50.0 Å². The van der Waals surface area contributed by atoms with E-state index < -0.39 is 9.84 Å². The second kappa shape index (κ2) is 7.29. The molecule has 2 aliphatic rings. The molecule has 5 nitrogen and oxygen atoms in total. The number of rotatable bonds is 4. The highest BCUT2D eigenvalue weighted by Gasteiger charge is 2.49. The van der Waals surface area contributed by atoms with E-state index in [1.165, 1.54) is 11.8 Å². The largest absolute Gasteiger partial charge is 0.316 e. The van der Waals surface area contributed by atoms with Crippen LogP contribution in [0.25, 0.3) is 0 Å². The van der Waals surface area contributed by atoms with Crippen LogP contribution in [0.3, 0.4) is 0 Å². The summed E-state index contributed by atoms with van der Waals surface area (Å²) in [6.07, 6.45) is 1.50. The Bertz CT molecular complexity index is 789. The van der Waals surface area contributed by atoms with Gasteiger partial charge in [-0.25, -0.2) is 8.42 Å². The number of amidine groups is 1. The van der Waals surface area contributed by atoms with Gasteiger partial charge >= 0.3 is 0 Å². The fraction of sp³-hybridized carbons (Fsp3) is 0.529. The van der Waals surface area contributed by atoms with Crippen molar-refractivity contribution in [1.29, 1.82) is 0 Å². The summed E-state index contributed by atoms with van der Waals surface area (Å²) in [5.74, 6) is -0.00513. The minimum Gasteiger partial charge on any atom is -0.316 e. The Kier molecular flexibility index (Phi) is 5.46. The van der Waals surface area contributed by atoms with Crippen LogP contribution in [0.2, 0.25) is 5.02 Å². The number of hydrogen-bond acceptors (Lipinski definition) is 4. The van der Waals surface area contributed by atoms with E-state index >= 15 is 0 Å². The summed E-state index contributed by atoms with van der Waals surface area (Å²) in [6, 6.07) is 7.02. The molecule has 2 atom stereocenters. The third-order valence-electron chi connectivity index (χ3n) is 4.71. The Hall–Kier alpha value is -1.05. The number of hydrogen-bond donors (Lipinski definition) is 0. The van der Waals surface area contributed by atoms with E-state index in [1.54, 1.807) is 12.1 Å². The predicted molar refractivity (Wildman–Crippen MR) is 104 cm³/mol. The van der Waals surface area contributed by atoms with Crippen LogP contribution in [-0.4, -0.2) is 42.3 Å². The lowest BCUT2D eigenvalue weighted by molar-refractivity contribution is -0.121. The first-order chi connectivity index (χ1) is 11.8. The van der Waals surface area contributed by atoms with E-state index in [0.29, 0.717) is 10.2 Å². The van der Waals surface area contributed by atoms with Crippen molar-refractivity contribution in [3.05, 3.63) is 29.3 Å². The molecule has 1 amide bonds. The summed E-state index contributed by atoms with van der Waals surface area (Å²) >= 11 is 7.37. The highest BCUT2D eigenvalue weighted by atomic mass is 35.5. The van der Waals surface area contributed by atoms with E-state index in [0.717, 1.165) is 18.5 Å². The Morgan fingerprint density at radius 1 is 1.28 bits per heavy atom. The molecule has 0 bridgehead atoms. The number of aliphatic imine (C=N–C) groups is 1. The number of thioether (sulfide) groups is 1. The van der Waals surface area contributed by atoms with Crippen LogP contribution in [0.4, 0.5) is 5.69 Å². The Labute approximate surface area is 157 Å². The van der Waals surface area contributed by atoms with Crippen LogP contribution < -0.4 is 4.90 Å². The lowest BCUT2D eigenvalue weighted by atomic mass is 10.0. The van der Waals surface area contributed by atoms with Crippen molar-refractivity contribution in [2.24, 2.45) is 10.9 Å². The molecule has 0 aliphatic carbocycles. The molecule has 2 saturated heterocycles. The van der Waals surface area contributed by atoms with Crippen molar-refractivity contribution < 1.29 is 13.2 Å². The van der Waals surface area contributed by atoms with Gasteiger partial charge in [0.05, 0.1) is 17.5 Å². The second-order valence-electron chi connectivity index (χ2n) is 6.39. The van der Waals surface area contributed by atoms with Crippen molar-refractivity contribution in [3.63, 3.8) is 0 Å². The third-order valence-corrected chi connectivity index (χ3v) is 8.17. The smallest absolute Gasteiger partial charge is 0.251 e. The maximum atomic E-state index is 12.5. The topological polar surface area (TPSA) is 66.8 Å². The van der Waals surface area contributed by atoms with Gasteiger partial charge < -0.3 is 4.90 Å². The fourth-order valence-corrected chi connectivity index (χ4v) is 7.34. The lowest BCUT2D eigenvalue weighted by Gasteiger charge is -2.24. The quantitative estimate of drug-likeness (QED) is 0.775. The average molecular weight is 401 g/mol. The minimum absolute atomic E-state index is 0.0888. The number of fused-ring (bicyclic) bond motifs is 1. The summed E-state index contributed by atoms with van der Waals surface area (Å²) in [7, 11) is -3.06. The monoisotopic (exact) mass is 400 g/mol. The predicted octanol–water partition coefficient (Wildman–Crippen LogP) is 3.38. The average Bonchev–Trinajstić information content (AvgIpc) is 3.00. The highest BCUT2D eigenvalue weighted by Crippen LogP contribution is 2.41. The minimum atomic E-state index is -3.06. The van der Waals surface area contributed by atoms with Gasteiger partial charge in [0, 0.05) is 21.9 Å². The van der Waals surface area contributed by atoms with E-state index in [1.807, 2.05) is 30.9 Å². The van der Waals surface area contributed by atoms with Crippen LogP contribution in [0, 0.1) is 5.92 Å². The molecule has 1 aromatic carbocycles. The highest BCUT2D eigenvalue weighted by molar-refractivity contribution is 8.16. The normalized spacial score (nSPS) is 26.4. The molecular formula is C17H21ClN2O3S2. The molecule has 0 N–H and O–H groups in total. The summed E-state index contributed by atoms with van der Waals surface area (Å²) in [4.78, 5) is 18.7. The SMILES string of the molecule is CCC(CC)C(=O)N=C1SC2CS(=O)(=O)CC2N1c1ccc(Cl)cc1. The zero-order chi connectivity index (χ0) is 18.2. The molecule has 0 spiro atoms. The van der Waals surface area contributed by atoms with Crippen LogP contribution in [0.5, 0.6) is 0 Å². The van der Waals surface area contributed by atoms with Gasteiger partial charge in [0.15, 0.2) is 15.0 Å². The van der Waals surface area contributed by atoms with E-state index in [9.17, 15) is 13.2 Å². The number of carbonyl (C=O) groups is 1. The first kappa shape index (κ1) is 18.7. The Morgan fingerprint density at radius 2 is 1.92 bits per heavy atom. The number of benzene rings is 1. The Morgan fingerprint density at radius 3 is 2.52 bits per heavy atom. The van der Waals surface area contributed by atoms with E-state index in [-0.39, 0.29) is 34.6 Å². The third kappa shape index (κ3) is 3.88. The zero-order valence-corrected chi connectivity index (χ0v) is 16.6. The number of sulfone groups is 1. The molecule has 25 heavy (non-hydrogen) atoms. The molecule has 2 heterocycles. The van der Waals surface area contributed by atoms with Gasteiger partial charge in [0.1, 0.15) is 0 Å². The molecule has 0 aromatic heterocycles. The molecule has 2 fully saturated rings. The molecule has 1 aromatic rings. The standard InChI is InChI=1S/C17H21ClN2O3S2/c1-3-11(4-2)16(21)19-17-20(13-7-5-12(18)6-8-13)14-9-25(22,23)10-15(14)24-17/h5-8,11,14-15H,3-4,9-10H2,1-2H3. The van der Waals surface area contributed by atoms with Gasteiger partial charge in [-0.05, 0) is 37.1 Å². The van der Waals surface area contributed by atoms with E-state index in [4.69, 9.17) is 11.6 Å². The number of anilines is 1. The molecular weight excluding hydrogens is 380 g/mol. The van der Waals surface area contributed by atoms with Gasteiger partial charge in [-0.2, -0.15) is 4.99 Å². The maximum Gasteiger partial charge on any atom is 0.251 e. The molecule has 0 radical (unpaired) electrons. The zero-order valence-electron chi connectivity index (χ0n) is 14.2. The molecule has 8 heteroatoms. The van der Waals surface area contributed by atoms with Gasteiger partial charge in [-0.1, -0.05) is 37.2 Å². The van der Waals surface area contributed by atoms with Crippen LogP contribution in [0.1, 0.15) is 26.7 Å². The number of halogens is 1. The number of carbonyl (C=O) groups excluding carboxylic acids is 1.